The van der Waals surface area contributed by atoms with E-state index in [0.29, 0.717) is 28.5 Å². The van der Waals surface area contributed by atoms with Gasteiger partial charge in [-0.1, -0.05) is 17.3 Å². The highest BCUT2D eigenvalue weighted by Crippen LogP contribution is 2.27. The number of methoxy groups -OCH3 is 1. The van der Waals surface area contributed by atoms with Crippen LogP contribution in [0.25, 0.3) is 11.3 Å². The van der Waals surface area contributed by atoms with Crippen molar-refractivity contribution in [3.63, 3.8) is 0 Å². The average Bonchev–Trinajstić information content (AvgIpc) is 2.97. The number of nitrogens with zero attached hydrogens (tertiary/aromatic N) is 1. The van der Waals surface area contributed by atoms with E-state index >= 15 is 0 Å². The quantitative estimate of drug-likeness (QED) is 0.785. The number of carbonyl (C=O) groups excluding carboxylic acids is 1. The predicted molar refractivity (Wildman–Crippen MR) is 87.6 cm³/mol. The number of hydrogen-bond acceptors (Lipinski definition) is 4. The first kappa shape index (κ1) is 15.7. The number of hydrogen-bond donors (Lipinski definition) is 1. The normalized spacial score (nSPS) is 10.5. The lowest BCUT2D eigenvalue weighted by Gasteiger charge is -2.07. The Hall–Kier alpha value is -3.15. The summed E-state index contributed by atoms with van der Waals surface area (Å²) in [6.45, 7) is 1.64. The van der Waals surface area contributed by atoms with Gasteiger partial charge in [-0.3, -0.25) is 4.79 Å². The minimum Gasteiger partial charge on any atom is -0.497 e. The van der Waals surface area contributed by atoms with Gasteiger partial charge in [0.15, 0.2) is 0 Å². The molecule has 0 aliphatic carbocycles. The first-order chi connectivity index (χ1) is 11.6. The van der Waals surface area contributed by atoms with Crippen molar-refractivity contribution in [2.45, 2.75) is 6.92 Å². The van der Waals surface area contributed by atoms with Crippen LogP contribution in [0.2, 0.25) is 0 Å². The second-order valence-corrected chi connectivity index (χ2v) is 5.16. The third-order valence-corrected chi connectivity index (χ3v) is 3.54. The van der Waals surface area contributed by atoms with Crippen LogP contribution in [0.1, 0.15) is 16.1 Å². The lowest BCUT2D eigenvalue weighted by atomic mass is 10.1. The summed E-state index contributed by atoms with van der Waals surface area (Å²) in [6.07, 6.45) is 0. The highest BCUT2D eigenvalue weighted by molar-refractivity contribution is 6.08. The average molecular weight is 326 g/mol. The molecular weight excluding hydrogens is 311 g/mol. The standard InChI is InChI=1S/C18H15FN2O3/c1-11-16(17(21-24-11)12-4-3-5-13(19)10-12)18(22)20-14-6-8-15(23-2)9-7-14/h3-10H,1-2H3,(H,20,22). The maximum Gasteiger partial charge on any atom is 0.261 e. The maximum atomic E-state index is 13.4. The van der Waals surface area contributed by atoms with Gasteiger partial charge in [-0.25, -0.2) is 4.39 Å². The third kappa shape index (κ3) is 3.12. The molecule has 6 heteroatoms. The van der Waals surface area contributed by atoms with Gasteiger partial charge in [0.05, 0.1) is 7.11 Å². The van der Waals surface area contributed by atoms with Crippen LogP contribution in [-0.4, -0.2) is 18.2 Å². The molecule has 1 heterocycles. The van der Waals surface area contributed by atoms with E-state index in [9.17, 15) is 9.18 Å². The van der Waals surface area contributed by atoms with Crippen LogP contribution in [0.4, 0.5) is 10.1 Å². The number of nitrogens with one attached hydrogen (secondary N) is 1. The fraction of sp³-hybridized carbons (Fsp3) is 0.111. The summed E-state index contributed by atoms with van der Waals surface area (Å²) in [5.41, 5.74) is 1.66. The molecule has 0 aliphatic heterocycles. The van der Waals surface area contributed by atoms with Crippen molar-refractivity contribution in [3.05, 3.63) is 65.7 Å². The highest BCUT2D eigenvalue weighted by atomic mass is 19.1. The molecule has 0 spiro atoms. The molecule has 0 saturated heterocycles. The van der Waals surface area contributed by atoms with Crippen LogP contribution >= 0.6 is 0 Å². The van der Waals surface area contributed by atoms with Crippen LogP contribution in [0.3, 0.4) is 0 Å². The summed E-state index contributed by atoms with van der Waals surface area (Å²) in [7, 11) is 1.57. The summed E-state index contributed by atoms with van der Waals surface area (Å²) in [5.74, 6) is 0.266. The van der Waals surface area contributed by atoms with Crippen molar-refractivity contribution in [2.75, 3.05) is 12.4 Å². The number of anilines is 1. The lowest BCUT2D eigenvalue weighted by Crippen LogP contribution is -2.13. The van der Waals surface area contributed by atoms with Gasteiger partial charge in [0.1, 0.15) is 28.6 Å². The molecule has 24 heavy (non-hydrogen) atoms. The zero-order valence-electron chi connectivity index (χ0n) is 13.2. The first-order valence-corrected chi connectivity index (χ1v) is 7.26. The van der Waals surface area contributed by atoms with E-state index in [0.717, 1.165) is 0 Å². The van der Waals surface area contributed by atoms with Gasteiger partial charge in [0.2, 0.25) is 0 Å². The first-order valence-electron chi connectivity index (χ1n) is 7.26. The number of aryl methyl sites for hydroxylation is 1. The molecule has 0 radical (unpaired) electrons. The maximum absolute atomic E-state index is 13.4. The number of rotatable bonds is 4. The Morgan fingerprint density at radius 1 is 1.21 bits per heavy atom. The molecule has 3 aromatic rings. The summed E-state index contributed by atoms with van der Waals surface area (Å²) >= 11 is 0. The fourth-order valence-corrected chi connectivity index (χ4v) is 2.34. The Labute approximate surface area is 138 Å². The summed E-state index contributed by atoms with van der Waals surface area (Å²) in [4.78, 5) is 12.6. The summed E-state index contributed by atoms with van der Waals surface area (Å²) in [6, 6.07) is 12.8. The number of halogens is 1. The van der Waals surface area contributed by atoms with Crippen LogP contribution in [0, 0.1) is 12.7 Å². The number of carbonyl (C=O) groups is 1. The largest absolute Gasteiger partial charge is 0.497 e. The van der Waals surface area contributed by atoms with E-state index in [2.05, 4.69) is 10.5 Å². The van der Waals surface area contributed by atoms with Crippen molar-refractivity contribution in [2.24, 2.45) is 0 Å². The van der Waals surface area contributed by atoms with E-state index in [4.69, 9.17) is 9.26 Å². The van der Waals surface area contributed by atoms with Gasteiger partial charge >= 0.3 is 0 Å². The van der Waals surface area contributed by atoms with Crippen molar-refractivity contribution < 1.29 is 18.4 Å². The number of aromatic nitrogens is 1. The summed E-state index contributed by atoms with van der Waals surface area (Å²) < 4.78 is 23.7. The monoisotopic (exact) mass is 326 g/mol. The van der Waals surface area contributed by atoms with E-state index < -0.39 is 5.82 Å². The van der Waals surface area contributed by atoms with Gasteiger partial charge in [-0.15, -0.1) is 0 Å². The van der Waals surface area contributed by atoms with E-state index in [1.54, 1.807) is 50.4 Å². The minimum absolute atomic E-state index is 0.274. The number of ether oxygens (including phenoxy) is 1. The van der Waals surface area contributed by atoms with Gasteiger partial charge in [-0.05, 0) is 43.3 Å². The Bertz CT molecular complexity index is 872. The second-order valence-electron chi connectivity index (χ2n) is 5.16. The zero-order valence-corrected chi connectivity index (χ0v) is 13.2. The molecule has 0 aliphatic rings. The molecule has 2 aromatic carbocycles. The number of benzene rings is 2. The Morgan fingerprint density at radius 2 is 1.96 bits per heavy atom. The topological polar surface area (TPSA) is 64.4 Å². The van der Waals surface area contributed by atoms with E-state index in [1.165, 1.54) is 12.1 Å². The van der Waals surface area contributed by atoms with Crippen molar-refractivity contribution in [1.82, 2.24) is 5.16 Å². The van der Waals surface area contributed by atoms with Gasteiger partial charge in [0.25, 0.3) is 5.91 Å². The molecule has 5 nitrogen and oxygen atoms in total. The number of amides is 1. The van der Waals surface area contributed by atoms with Crippen molar-refractivity contribution in [3.8, 4) is 17.0 Å². The molecule has 0 bridgehead atoms. The fourth-order valence-electron chi connectivity index (χ4n) is 2.34. The van der Waals surface area contributed by atoms with Crippen molar-refractivity contribution in [1.29, 1.82) is 0 Å². The van der Waals surface area contributed by atoms with Gasteiger partial charge in [-0.2, -0.15) is 0 Å². The Balaban J connectivity index is 1.91. The molecule has 0 unspecified atom stereocenters. The van der Waals surface area contributed by atoms with Crippen LogP contribution in [0.5, 0.6) is 5.75 Å². The molecule has 0 atom stereocenters. The smallest absolute Gasteiger partial charge is 0.261 e. The van der Waals surface area contributed by atoms with E-state index in [1.807, 2.05) is 0 Å². The second kappa shape index (κ2) is 6.54. The molecule has 122 valence electrons. The SMILES string of the molecule is COc1ccc(NC(=O)c2c(-c3cccc(F)c3)noc2C)cc1. The van der Waals surface area contributed by atoms with Crippen LogP contribution < -0.4 is 10.1 Å². The lowest BCUT2D eigenvalue weighted by molar-refractivity contribution is 0.102. The highest BCUT2D eigenvalue weighted by Gasteiger charge is 2.22. The molecule has 0 fully saturated rings. The van der Waals surface area contributed by atoms with E-state index in [-0.39, 0.29) is 11.5 Å². The summed E-state index contributed by atoms with van der Waals surface area (Å²) in [5, 5.41) is 6.67. The predicted octanol–water partition coefficient (Wildman–Crippen LogP) is 4.05. The van der Waals surface area contributed by atoms with Crippen LogP contribution in [0.15, 0.2) is 53.1 Å². The van der Waals surface area contributed by atoms with Gasteiger partial charge < -0.3 is 14.6 Å². The molecule has 1 amide bonds. The molecule has 1 N–H and O–H groups in total. The molecule has 1 aromatic heterocycles. The molecule has 3 rings (SSSR count). The molecular formula is C18H15FN2O3. The zero-order chi connectivity index (χ0) is 17.1. The van der Waals surface area contributed by atoms with Gasteiger partial charge in [0, 0.05) is 11.3 Å². The van der Waals surface area contributed by atoms with Crippen molar-refractivity contribution >= 4 is 11.6 Å². The molecule has 0 saturated carbocycles. The minimum atomic E-state index is -0.408. The van der Waals surface area contributed by atoms with Crippen LogP contribution in [-0.2, 0) is 0 Å². The third-order valence-electron chi connectivity index (χ3n) is 3.54. The Morgan fingerprint density at radius 3 is 2.62 bits per heavy atom. The Kier molecular flexibility index (Phi) is 4.29.